The smallest absolute Gasteiger partial charge is 0.346 e. The van der Waals surface area contributed by atoms with Crippen LogP contribution in [0.2, 0.25) is 0 Å². The van der Waals surface area contributed by atoms with Crippen LogP contribution in [0.4, 0.5) is 18.9 Å². The normalized spacial score (nSPS) is 13.9. The molecule has 2 aromatic carbocycles. The van der Waals surface area contributed by atoms with Gasteiger partial charge in [0.15, 0.2) is 0 Å². The predicted molar refractivity (Wildman–Crippen MR) is 111 cm³/mol. The van der Waals surface area contributed by atoms with Crippen molar-refractivity contribution in [2.24, 2.45) is 0 Å². The third kappa shape index (κ3) is 6.56. The van der Waals surface area contributed by atoms with Crippen LogP contribution in [0.5, 0.6) is 0 Å². The van der Waals surface area contributed by atoms with Crippen molar-refractivity contribution in [3.05, 3.63) is 64.1 Å². The van der Waals surface area contributed by atoms with Gasteiger partial charge in [-0.1, -0.05) is 24.3 Å². The summed E-state index contributed by atoms with van der Waals surface area (Å²) >= 11 is 3.34. The third-order valence-corrected chi connectivity index (χ3v) is 5.36. The minimum atomic E-state index is -4.37. The van der Waals surface area contributed by atoms with E-state index in [1.54, 1.807) is 18.2 Å². The van der Waals surface area contributed by atoms with E-state index in [0.717, 1.165) is 29.4 Å². The summed E-state index contributed by atoms with van der Waals surface area (Å²) in [5.41, 5.74) is 0.617. The van der Waals surface area contributed by atoms with Crippen LogP contribution >= 0.6 is 15.9 Å². The lowest BCUT2D eigenvalue weighted by Crippen LogP contribution is -2.41. The molecule has 160 valence electrons. The summed E-state index contributed by atoms with van der Waals surface area (Å²) in [6.07, 6.45) is -2.49. The minimum absolute atomic E-state index is 0.0774. The first-order valence-electron chi connectivity index (χ1n) is 9.43. The van der Waals surface area contributed by atoms with Crippen LogP contribution in [0, 0.1) is 0 Å². The highest BCUT2D eigenvalue weighted by Crippen LogP contribution is 2.31. The van der Waals surface area contributed by atoms with Crippen LogP contribution in [-0.4, -0.2) is 35.8 Å². The molecule has 0 radical (unpaired) electrons. The Morgan fingerprint density at radius 1 is 1.03 bits per heavy atom. The second-order valence-corrected chi connectivity index (χ2v) is 7.99. The van der Waals surface area contributed by atoms with Gasteiger partial charge in [-0.25, -0.2) is 0 Å². The van der Waals surface area contributed by atoms with Crippen LogP contribution in [0.1, 0.15) is 24.0 Å². The third-order valence-electron chi connectivity index (χ3n) is 4.67. The molecule has 0 saturated heterocycles. The van der Waals surface area contributed by atoms with E-state index in [-0.39, 0.29) is 30.9 Å². The zero-order chi connectivity index (χ0) is 21.7. The van der Waals surface area contributed by atoms with Crippen LogP contribution < -0.4 is 10.6 Å². The molecule has 9 heteroatoms. The first-order chi connectivity index (χ1) is 14.2. The average molecular weight is 484 g/mol. The molecule has 30 heavy (non-hydrogen) atoms. The number of nitrogens with one attached hydrogen (secondary N) is 2. The zero-order valence-electron chi connectivity index (χ0n) is 16.0. The number of carbonyl (C=O) groups excluding carboxylic acids is 2. The Bertz CT molecular complexity index is 899. The fraction of sp³-hybridized carbons (Fsp3) is 0.333. The van der Waals surface area contributed by atoms with Crippen molar-refractivity contribution in [3.8, 4) is 0 Å². The fourth-order valence-electron chi connectivity index (χ4n) is 2.96. The number of nitrogens with zero attached hydrogens (tertiary/aromatic N) is 1. The van der Waals surface area contributed by atoms with Gasteiger partial charge in [0, 0.05) is 17.1 Å². The standard InChI is InChI=1S/C21H21BrF3N3O2/c22-17-3-1-2-4-18(17)27-19(29)11-26-20(30)13-28(16-9-10-16)12-14-5-7-15(8-6-14)21(23,24)25/h1-8,16H,9-13H2,(H,26,30)(H,27,29). The molecular weight excluding hydrogens is 463 g/mol. The van der Waals surface area contributed by atoms with E-state index in [0.29, 0.717) is 17.8 Å². The van der Waals surface area contributed by atoms with Crippen molar-refractivity contribution in [1.82, 2.24) is 10.2 Å². The van der Waals surface area contributed by atoms with Gasteiger partial charge in [-0.15, -0.1) is 0 Å². The summed E-state index contributed by atoms with van der Waals surface area (Å²) in [6.45, 7) is 0.284. The quantitative estimate of drug-likeness (QED) is 0.591. The predicted octanol–water partition coefficient (Wildman–Crippen LogP) is 4.19. The Kier molecular flexibility index (Phi) is 7.14. The largest absolute Gasteiger partial charge is 0.416 e. The minimum Gasteiger partial charge on any atom is -0.346 e. The van der Waals surface area contributed by atoms with Gasteiger partial charge < -0.3 is 10.6 Å². The van der Waals surface area contributed by atoms with Gasteiger partial charge in [-0.05, 0) is 58.6 Å². The van der Waals surface area contributed by atoms with Crippen molar-refractivity contribution in [1.29, 1.82) is 0 Å². The fourth-order valence-corrected chi connectivity index (χ4v) is 3.35. The molecule has 5 nitrogen and oxygen atoms in total. The molecular formula is C21H21BrF3N3O2. The molecule has 1 aliphatic carbocycles. The maximum atomic E-state index is 12.7. The van der Waals surface area contributed by atoms with Gasteiger partial charge in [0.1, 0.15) is 0 Å². The number of hydrogen-bond donors (Lipinski definition) is 2. The molecule has 0 atom stereocenters. The molecule has 3 rings (SSSR count). The summed E-state index contributed by atoms with van der Waals surface area (Å²) in [5.74, 6) is -0.660. The van der Waals surface area contributed by atoms with Crippen molar-refractivity contribution in [2.75, 3.05) is 18.4 Å². The van der Waals surface area contributed by atoms with E-state index >= 15 is 0 Å². The lowest BCUT2D eigenvalue weighted by Gasteiger charge is -2.21. The monoisotopic (exact) mass is 483 g/mol. The maximum Gasteiger partial charge on any atom is 0.416 e. The van der Waals surface area contributed by atoms with E-state index in [9.17, 15) is 22.8 Å². The van der Waals surface area contributed by atoms with Crippen LogP contribution in [0.25, 0.3) is 0 Å². The Hall–Kier alpha value is -2.39. The Labute approximate surface area is 180 Å². The van der Waals surface area contributed by atoms with Crippen LogP contribution in [-0.2, 0) is 22.3 Å². The Morgan fingerprint density at radius 2 is 1.70 bits per heavy atom. The lowest BCUT2D eigenvalue weighted by atomic mass is 10.1. The molecule has 2 N–H and O–H groups in total. The molecule has 0 heterocycles. The van der Waals surface area contributed by atoms with Crippen molar-refractivity contribution < 1.29 is 22.8 Å². The van der Waals surface area contributed by atoms with Crippen molar-refractivity contribution in [3.63, 3.8) is 0 Å². The van der Waals surface area contributed by atoms with Crippen LogP contribution in [0.15, 0.2) is 53.0 Å². The molecule has 2 amide bonds. The second-order valence-electron chi connectivity index (χ2n) is 7.14. The number of benzene rings is 2. The average Bonchev–Trinajstić information content (AvgIpc) is 3.53. The van der Waals surface area contributed by atoms with E-state index in [4.69, 9.17) is 0 Å². The molecule has 0 aliphatic heterocycles. The zero-order valence-corrected chi connectivity index (χ0v) is 17.6. The van der Waals surface area contributed by atoms with E-state index in [2.05, 4.69) is 26.6 Å². The highest BCUT2D eigenvalue weighted by Gasteiger charge is 2.32. The molecule has 0 bridgehead atoms. The summed E-state index contributed by atoms with van der Waals surface area (Å²) in [4.78, 5) is 26.3. The summed E-state index contributed by atoms with van der Waals surface area (Å²) in [7, 11) is 0. The van der Waals surface area contributed by atoms with E-state index in [1.807, 2.05) is 11.0 Å². The van der Waals surface area contributed by atoms with Gasteiger partial charge in [0.05, 0.1) is 24.3 Å². The van der Waals surface area contributed by atoms with Crippen LogP contribution in [0.3, 0.4) is 0 Å². The van der Waals surface area contributed by atoms with Gasteiger partial charge in [0.25, 0.3) is 0 Å². The molecule has 0 aromatic heterocycles. The molecule has 1 aliphatic rings. The number of alkyl halides is 3. The molecule has 1 fully saturated rings. The molecule has 0 spiro atoms. The summed E-state index contributed by atoms with van der Waals surface area (Å²) < 4.78 is 38.8. The number of amides is 2. The SMILES string of the molecule is O=C(CN(Cc1ccc(C(F)(F)F)cc1)C1CC1)NCC(=O)Nc1ccccc1Br. The number of anilines is 1. The van der Waals surface area contributed by atoms with Gasteiger partial charge in [-0.2, -0.15) is 13.2 Å². The highest BCUT2D eigenvalue weighted by molar-refractivity contribution is 9.10. The first-order valence-corrected chi connectivity index (χ1v) is 10.2. The van der Waals surface area contributed by atoms with E-state index < -0.39 is 11.7 Å². The molecule has 2 aromatic rings. The van der Waals surface area contributed by atoms with Gasteiger partial charge in [0.2, 0.25) is 11.8 Å². The highest BCUT2D eigenvalue weighted by atomic mass is 79.9. The van der Waals surface area contributed by atoms with E-state index in [1.165, 1.54) is 12.1 Å². The molecule has 1 saturated carbocycles. The Morgan fingerprint density at radius 3 is 2.30 bits per heavy atom. The lowest BCUT2D eigenvalue weighted by molar-refractivity contribution is -0.137. The Balaban J connectivity index is 1.49. The van der Waals surface area contributed by atoms with Gasteiger partial charge >= 0.3 is 6.18 Å². The molecule has 0 unspecified atom stereocenters. The summed E-state index contributed by atoms with van der Waals surface area (Å²) in [6, 6.07) is 12.3. The number of hydrogen-bond acceptors (Lipinski definition) is 3. The number of carbonyl (C=O) groups is 2. The van der Waals surface area contributed by atoms with Crippen molar-refractivity contribution in [2.45, 2.75) is 31.6 Å². The topological polar surface area (TPSA) is 61.4 Å². The number of para-hydroxylation sites is 1. The number of rotatable bonds is 8. The number of halogens is 4. The van der Waals surface area contributed by atoms with Gasteiger partial charge in [-0.3, -0.25) is 14.5 Å². The second kappa shape index (κ2) is 9.61. The van der Waals surface area contributed by atoms with Crippen molar-refractivity contribution >= 4 is 33.4 Å². The summed E-state index contributed by atoms with van der Waals surface area (Å²) in [5, 5.41) is 5.30. The first kappa shape index (κ1) is 22.3. The maximum absolute atomic E-state index is 12.7.